The fourth-order valence-corrected chi connectivity index (χ4v) is 0.934. The maximum atomic E-state index is 11.0. The number of methoxy groups -OCH3 is 1. The average molecular weight is 183 g/mol. The van der Waals surface area contributed by atoms with Crippen LogP contribution in [0.25, 0.3) is 0 Å². The number of esters is 1. The van der Waals surface area contributed by atoms with Gasteiger partial charge in [-0.2, -0.15) is 0 Å². The summed E-state index contributed by atoms with van der Waals surface area (Å²) in [5, 5.41) is 2.92. The molecule has 1 rings (SSSR count). The van der Waals surface area contributed by atoms with Gasteiger partial charge in [-0.25, -0.2) is 9.78 Å². The Morgan fingerprint density at radius 2 is 2.46 bits per heavy atom. The number of anilines is 1. The summed E-state index contributed by atoms with van der Waals surface area (Å²) in [6, 6.07) is -0.383. The molecule has 0 aliphatic carbocycles. The third-order valence-corrected chi connectivity index (χ3v) is 1.72. The first-order chi connectivity index (χ1) is 6.15. The van der Waals surface area contributed by atoms with Crippen molar-refractivity contribution < 1.29 is 9.53 Å². The van der Waals surface area contributed by atoms with Crippen LogP contribution in [0.5, 0.6) is 0 Å². The molecule has 0 bridgehead atoms. The number of ether oxygens (including phenoxy) is 1. The number of imidazole rings is 1. The predicted molar refractivity (Wildman–Crippen MR) is 48.3 cm³/mol. The van der Waals surface area contributed by atoms with Gasteiger partial charge in [0.15, 0.2) is 0 Å². The highest BCUT2D eigenvalue weighted by molar-refractivity contribution is 5.77. The quantitative estimate of drug-likeness (QED) is 0.689. The SMILES string of the molecule is COC(=O)C(C)Nc1nccn1C. The largest absolute Gasteiger partial charge is 0.467 e. The molecule has 1 atom stereocenters. The normalized spacial score (nSPS) is 12.2. The van der Waals surface area contributed by atoms with Gasteiger partial charge >= 0.3 is 5.97 Å². The van der Waals surface area contributed by atoms with Crippen molar-refractivity contribution >= 4 is 11.9 Å². The van der Waals surface area contributed by atoms with Gasteiger partial charge in [0.25, 0.3) is 0 Å². The van der Waals surface area contributed by atoms with Gasteiger partial charge < -0.3 is 14.6 Å². The van der Waals surface area contributed by atoms with Crippen molar-refractivity contribution in [1.82, 2.24) is 9.55 Å². The Morgan fingerprint density at radius 3 is 2.92 bits per heavy atom. The van der Waals surface area contributed by atoms with Crippen LogP contribution in [0, 0.1) is 0 Å². The molecular formula is C8H13N3O2. The minimum absolute atomic E-state index is 0.303. The molecule has 1 N–H and O–H groups in total. The van der Waals surface area contributed by atoms with E-state index < -0.39 is 0 Å². The van der Waals surface area contributed by atoms with E-state index in [0.29, 0.717) is 5.95 Å². The molecule has 0 saturated heterocycles. The molecule has 13 heavy (non-hydrogen) atoms. The summed E-state index contributed by atoms with van der Waals surface area (Å²) in [5.74, 6) is 0.348. The van der Waals surface area contributed by atoms with E-state index in [-0.39, 0.29) is 12.0 Å². The highest BCUT2D eigenvalue weighted by Gasteiger charge is 2.13. The van der Waals surface area contributed by atoms with E-state index in [4.69, 9.17) is 0 Å². The zero-order valence-corrected chi connectivity index (χ0v) is 7.94. The second-order valence-electron chi connectivity index (χ2n) is 2.75. The highest BCUT2D eigenvalue weighted by Crippen LogP contribution is 2.03. The van der Waals surface area contributed by atoms with Crippen molar-refractivity contribution in [2.24, 2.45) is 7.05 Å². The summed E-state index contributed by atoms with van der Waals surface area (Å²) in [6.45, 7) is 1.72. The molecule has 0 aliphatic rings. The first-order valence-electron chi connectivity index (χ1n) is 3.97. The van der Waals surface area contributed by atoms with E-state index in [9.17, 15) is 4.79 Å². The van der Waals surface area contributed by atoms with Crippen LogP contribution in [0.15, 0.2) is 12.4 Å². The van der Waals surface area contributed by atoms with Gasteiger partial charge in [-0.05, 0) is 6.92 Å². The minimum atomic E-state index is -0.383. The van der Waals surface area contributed by atoms with E-state index in [1.165, 1.54) is 7.11 Å². The Kier molecular flexibility index (Phi) is 2.89. The van der Waals surface area contributed by atoms with Crippen LogP contribution in [-0.2, 0) is 16.6 Å². The molecular weight excluding hydrogens is 170 g/mol. The number of nitrogens with one attached hydrogen (secondary N) is 1. The summed E-state index contributed by atoms with van der Waals surface area (Å²) >= 11 is 0. The van der Waals surface area contributed by atoms with Gasteiger partial charge in [0.05, 0.1) is 7.11 Å². The smallest absolute Gasteiger partial charge is 0.328 e. The molecule has 5 heteroatoms. The number of hydrogen-bond acceptors (Lipinski definition) is 4. The number of hydrogen-bond donors (Lipinski definition) is 1. The lowest BCUT2D eigenvalue weighted by Crippen LogP contribution is -2.28. The van der Waals surface area contributed by atoms with Gasteiger partial charge in [-0.3, -0.25) is 0 Å². The Morgan fingerprint density at radius 1 is 1.77 bits per heavy atom. The van der Waals surface area contributed by atoms with Crippen LogP contribution in [0.1, 0.15) is 6.92 Å². The van der Waals surface area contributed by atoms with Crippen LogP contribution >= 0.6 is 0 Å². The van der Waals surface area contributed by atoms with Crippen LogP contribution in [-0.4, -0.2) is 28.7 Å². The molecule has 0 fully saturated rings. The van der Waals surface area contributed by atoms with Gasteiger partial charge in [0, 0.05) is 19.4 Å². The molecule has 5 nitrogen and oxygen atoms in total. The van der Waals surface area contributed by atoms with Gasteiger partial charge in [-0.1, -0.05) is 0 Å². The van der Waals surface area contributed by atoms with Crippen LogP contribution in [0.2, 0.25) is 0 Å². The third kappa shape index (κ3) is 2.21. The van der Waals surface area contributed by atoms with E-state index in [1.54, 1.807) is 23.9 Å². The Bertz CT molecular complexity index is 295. The number of rotatable bonds is 3. The molecule has 0 radical (unpaired) electrons. The fourth-order valence-electron chi connectivity index (χ4n) is 0.934. The zero-order valence-electron chi connectivity index (χ0n) is 7.94. The highest BCUT2D eigenvalue weighted by atomic mass is 16.5. The average Bonchev–Trinajstić information content (AvgIpc) is 2.50. The van der Waals surface area contributed by atoms with E-state index in [2.05, 4.69) is 15.0 Å². The molecule has 1 aromatic heterocycles. The van der Waals surface area contributed by atoms with Crippen molar-refractivity contribution in [3.63, 3.8) is 0 Å². The minimum Gasteiger partial charge on any atom is -0.467 e. The Labute approximate surface area is 76.7 Å². The summed E-state index contributed by atoms with van der Waals surface area (Å²) < 4.78 is 6.35. The van der Waals surface area contributed by atoms with Gasteiger partial charge in [-0.15, -0.1) is 0 Å². The molecule has 1 aromatic rings. The topological polar surface area (TPSA) is 56.1 Å². The standard InChI is InChI=1S/C8H13N3O2/c1-6(7(12)13-3)10-8-9-4-5-11(8)2/h4-6H,1-3H3,(H,9,10). The number of nitrogens with zero attached hydrogens (tertiary/aromatic N) is 2. The number of aromatic nitrogens is 2. The van der Waals surface area contributed by atoms with Crippen molar-refractivity contribution in [3.8, 4) is 0 Å². The van der Waals surface area contributed by atoms with Gasteiger partial charge in [0.1, 0.15) is 6.04 Å². The van der Waals surface area contributed by atoms with E-state index >= 15 is 0 Å². The molecule has 0 spiro atoms. The van der Waals surface area contributed by atoms with Crippen molar-refractivity contribution in [2.45, 2.75) is 13.0 Å². The summed E-state index contributed by atoms with van der Waals surface area (Å²) in [6.07, 6.45) is 3.46. The first kappa shape index (κ1) is 9.57. The zero-order chi connectivity index (χ0) is 9.84. The van der Waals surface area contributed by atoms with Crippen LogP contribution in [0.4, 0.5) is 5.95 Å². The van der Waals surface area contributed by atoms with E-state index in [1.807, 2.05) is 7.05 Å². The molecule has 1 heterocycles. The molecule has 0 saturated carbocycles. The summed E-state index contributed by atoms with van der Waals surface area (Å²) in [7, 11) is 3.21. The molecule has 1 unspecified atom stereocenters. The summed E-state index contributed by atoms with van der Waals surface area (Å²) in [5.41, 5.74) is 0. The maximum Gasteiger partial charge on any atom is 0.328 e. The van der Waals surface area contributed by atoms with Gasteiger partial charge in [0.2, 0.25) is 5.95 Å². The molecule has 0 aliphatic heterocycles. The van der Waals surface area contributed by atoms with Crippen molar-refractivity contribution in [3.05, 3.63) is 12.4 Å². The lowest BCUT2D eigenvalue weighted by molar-refractivity contribution is -0.141. The first-order valence-corrected chi connectivity index (χ1v) is 3.97. The Hall–Kier alpha value is -1.52. The molecule has 0 aromatic carbocycles. The lowest BCUT2D eigenvalue weighted by atomic mass is 10.3. The van der Waals surface area contributed by atoms with Crippen molar-refractivity contribution in [2.75, 3.05) is 12.4 Å². The Balaban J connectivity index is 2.59. The number of aryl methyl sites for hydroxylation is 1. The molecule has 72 valence electrons. The fraction of sp³-hybridized carbons (Fsp3) is 0.500. The number of carbonyl (C=O) groups is 1. The number of carbonyl (C=O) groups excluding carboxylic acids is 1. The van der Waals surface area contributed by atoms with Crippen LogP contribution in [0.3, 0.4) is 0 Å². The monoisotopic (exact) mass is 183 g/mol. The second kappa shape index (κ2) is 3.93. The summed E-state index contributed by atoms with van der Waals surface area (Å²) in [4.78, 5) is 15.0. The predicted octanol–water partition coefficient (Wildman–Crippen LogP) is 0.393. The van der Waals surface area contributed by atoms with Crippen LogP contribution < -0.4 is 5.32 Å². The maximum absolute atomic E-state index is 11.0. The molecule has 0 amide bonds. The van der Waals surface area contributed by atoms with E-state index in [0.717, 1.165) is 0 Å². The lowest BCUT2D eigenvalue weighted by Gasteiger charge is -2.11. The third-order valence-electron chi connectivity index (χ3n) is 1.72. The second-order valence-corrected chi connectivity index (χ2v) is 2.75. The van der Waals surface area contributed by atoms with Crippen molar-refractivity contribution in [1.29, 1.82) is 0 Å².